The van der Waals surface area contributed by atoms with Crippen LogP contribution < -0.4 is 0 Å². The first-order valence-electron chi connectivity index (χ1n) is 5.02. The number of hydrogen-bond donors (Lipinski definition) is 1. The van der Waals surface area contributed by atoms with Gasteiger partial charge < -0.3 is 5.11 Å². The fourth-order valence-electron chi connectivity index (χ4n) is 1.62. The number of nitrogens with zero attached hydrogens (tertiary/aromatic N) is 1. The topological polar surface area (TPSA) is 33.1 Å². The Morgan fingerprint density at radius 3 is 2.81 bits per heavy atom. The van der Waals surface area contributed by atoms with E-state index in [1.165, 1.54) is 12.1 Å². The van der Waals surface area contributed by atoms with E-state index in [2.05, 4.69) is 4.98 Å². The summed E-state index contributed by atoms with van der Waals surface area (Å²) in [5.41, 5.74) is 2.10. The molecular weight excluding hydrogens is 205 g/mol. The number of halogens is 1. The zero-order chi connectivity index (χ0) is 11.5. The predicted molar refractivity (Wildman–Crippen MR) is 59.4 cm³/mol. The van der Waals surface area contributed by atoms with Crippen molar-refractivity contribution >= 4 is 0 Å². The van der Waals surface area contributed by atoms with Gasteiger partial charge in [-0.3, -0.25) is 4.98 Å². The lowest BCUT2D eigenvalue weighted by Gasteiger charge is -2.13. The second-order valence-electron chi connectivity index (χ2n) is 3.69. The quantitative estimate of drug-likeness (QED) is 0.838. The zero-order valence-electron chi connectivity index (χ0n) is 8.89. The number of benzene rings is 1. The molecule has 0 aliphatic rings. The van der Waals surface area contributed by atoms with E-state index in [-0.39, 0.29) is 5.82 Å². The Bertz CT molecular complexity index is 485. The average molecular weight is 217 g/mol. The monoisotopic (exact) mass is 217 g/mol. The van der Waals surface area contributed by atoms with Gasteiger partial charge in [-0.25, -0.2) is 4.39 Å². The average Bonchev–Trinajstić information content (AvgIpc) is 2.32. The van der Waals surface area contributed by atoms with Crippen LogP contribution in [0.5, 0.6) is 0 Å². The van der Waals surface area contributed by atoms with Gasteiger partial charge in [0.2, 0.25) is 0 Å². The SMILES string of the molecule is Cc1ccc(F)cc1C(O)c1cccnc1. The number of aliphatic hydroxyl groups excluding tert-OH is 1. The van der Waals surface area contributed by atoms with Crippen LogP contribution in [0.4, 0.5) is 4.39 Å². The van der Waals surface area contributed by atoms with Gasteiger partial charge >= 0.3 is 0 Å². The molecule has 0 spiro atoms. The van der Waals surface area contributed by atoms with Crippen molar-refractivity contribution < 1.29 is 9.50 Å². The van der Waals surface area contributed by atoms with Crippen LogP contribution in [0.3, 0.4) is 0 Å². The van der Waals surface area contributed by atoms with Crippen LogP contribution in [0.1, 0.15) is 22.8 Å². The van der Waals surface area contributed by atoms with E-state index >= 15 is 0 Å². The van der Waals surface area contributed by atoms with Crippen molar-refractivity contribution in [3.8, 4) is 0 Å². The minimum atomic E-state index is -0.829. The van der Waals surface area contributed by atoms with Crippen LogP contribution in [0.25, 0.3) is 0 Å². The highest BCUT2D eigenvalue weighted by Crippen LogP contribution is 2.24. The van der Waals surface area contributed by atoms with Gasteiger partial charge in [0, 0.05) is 18.0 Å². The molecule has 16 heavy (non-hydrogen) atoms. The molecule has 0 aliphatic heterocycles. The Morgan fingerprint density at radius 1 is 1.31 bits per heavy atom. The van der Waals surface area contributed by atoms with Gasteiger partial charge in [-0.05, 0) is 36.2 Å². The third-order valence-electron chi connectivity index (χ3n) is 2.54. The third-order valence-corrected chi connectivity index (χ3v) is 2.54. The fourth-order valence-corrected chi connectivity index (χ4v) is 1.62. The molecule has 1 heterocycles. The van der Waals surface area contributed by atoms with Gasteiger partial charge in [-0.15, -0.1) is 0 Å². The molecule has 0 radical (unpaired) electrons. The van der Waals surface area contributed by atoms with Crippen molar-refractivity contribution in [3.05, 3.63) is 65.2 Å². The van der Waals surface area contributed by atoms with Crippen molar-refractivity contribution in [3.63, 3.8) is 0 Å². The van der Waals surface area contributed by atoms with Crippen LogP contribution in [-0.2, 0) is 0 Å². The molecule has 1 atom stereocenters. The molecule has 82 valence electrons. The van der Waals surface area contributed by atoms with E-state index in [1.807, 2.05) is 6.92 Å². The lowest BCUT2D eigenvalue weighted by molar-refractivity contribution is 0.218. The smallest absolute Gasteiger partial charge is 0.123 e. The van der Waals surface area contributed by atoms with E-state index in [4.69, 9.17) is 0 Å². The Balaban J connectivity index is 2.41. The van der Waals surface area contributed by atoms with E-state index < -0.39 is 6.10 Å². The van der Waals surface area contributed by atoms with Gasteiger partial charge in [0.05, 0.1) is 0 Å². The number of aliphatic hydroxyl groups is 1. The number of hydrogen-bond acceptors (Lipinski definition) is 2. The van der Waals surface area contributed by atoms with Gasteiger partial charge in [0.15, 0.2) is 0 Å². The molecule has 1 unspecified atom stereocenters. The first kappa shape index (κ1) is 10.8. The predicted octanol–water partition coefficient (Wildman–Crippen LogP) is 2.61. The highest BCUT2D eigenvalue weighted by molar-refractivity contribution is 5.34. The summed E-state index contributed by atoms with van der Waals surface area (Å²) in [5.74, 6) is -0.344. The summed E-state index contributed by atoms with van der Waals surface area (Å²) < 4.78 is 13.1. The standard InChI is InChI=1S/C13H12FNO/c1-9-4-5-11(14)7-12(9)13(16)10-3-2-6-15-8-10/h2-8,13,16H,1H3. The molecule has 0 bridgehead atoms. The first-order chi connectivity index (χ1) is 7.68. The molecule has 2 nitrogen and oxygen atoms in total. The maximum Gasteiger partial charge on any atom is 0.123 e. The molecule has 1 N–H and O–H groups in total. The maximum atomic E-state index is 13.1. The zero-order valence-corrected chi connectivity index (χ0v) is 8.89. The van der Waals surface area contributed by atoms with E-state index in [0.717, 1.165) is 5.56 Å². The molecule has 0 saturated heterocycles. The number of aryl methyl sites for hydroxylation is 1. The highest BCUT2D eigenvalue weighted by Gasteiger charge is 2.13. The van der Waals surface area contributed by atoms with Gasteiger partial charge in [-0.2, -0.15) is 0 Å². The third kappa shape index (κ3) is 2.09. The van der Waals surface area contributed by atoms with Crippen LogP contribution in [0.2, 0.25) is 0 Å². The summed E-state index contributed by atoms with van der Waals surface area (Å²) in [6.45, 7) is 1.84. The van der Waals surface area contributed by atoms with Crippen molar-refractivity contribution in [2.45, 2.75) is 13.0 Å². The normalized spacial score (nSPS) is 12.4. The molecule has 0 fully saturated rings. The fraction of sp³-hybridized carbons (Fsp3) is 0.154. The molecule has 1 aromatic carbocycles. The molecule has 0 saturated carbocycles. The summed E-state index contributed by atoms with van der Waals surface area (Å²) in [6.07, 6.45) is 2.38. The van der Waals surface area contributed by atoms with Crippen LogP contribution >= 0.6 is 0 Å². The summed E-state index contributed by atoms with van der Waals surface area (Å²) in [6, 6.07) is 7.90. The van der Waals surface area contributed by atoms with Crippen molar-refractivity contribution in [2.75, 3.05) is 0 Å². The van der Waals surface area contributed by atoms with Crippen molar-refractivity contribution in [2.24, 2.45) is 0 Å². The summed E-state index contributed by atoms with van der Waals surface area (Å²) in [5, 5.41) is 10.1. The molecule has 2 aromatic rings. The van der Waals surface area contributed by atoms with Gasteiger partial charge in [0.25, 0.3) is 0 Å². The highest BCUT2D eigenvalue weighted by atomic mass is 19.1. The second kappa shape index (κ2) is 4.41. The number of pyridine rings is 1. The molecule has 1 aromatic heterocycles. The first-order valence-corrected chi connectivity index (χ1v) is 5.02. The molecule has 0 aliphatic carbocycles. The Labute approximate surface area is 93.4 Å². The minimum Gasteiger partial charge on any atom is -0.384 e. The lowest BCUT2D eigenvalue weighted by Crippen LogP contribution is -2.02. The molecular formula is C13H12FNO. The van der Waals surface area contributed by atoms with Crippen LogP contribution in [0.15, 0.2) is 42.7 Å². The summed E-state index contributed by atoms with van der Waals surface area (Å²) in [7, 11) is 0. The van der Waals surface area contributed by atoms with Crippen LogP contribution in [0, 0.1) is 12.7 Å². The largest absolute Gasteiger partial charge is 0.384 e. The van der Waals surface area contributed by atoms with E-state index in [1.54, 1.807) is 30.6 Å². The van der Waals surface area contributed by atoms with Gasteiger partial charge in [-0.1, -0.05) is 12.1 Å². The molecule has 3 heteroatoms. The summed E-state index contributed by atoms with van der Waals surface area (Å²) in [4.78, 5) is 3.93. The molecule has 2 rings (SSSR count). The van der Waals surface area contributed by atoms with Crippen LogP contribution in [-0.4, -0.2) is 10.1 Å². The lowest BCUT2D eigenvalue weighted by atomic mass is 9.98. The van der Waals surface area contributed by atoms with E-state index in [9.17, 15) is 9.50 Å². The maximum absolute atomic E-state index is 13.1. The Hall–Kier alpha value is -1.74. The van der Waals surface area contributed by atoms with Crippen molar-refractivity contribution in [1.29, 1.82) is 0 Å². The van der Waals surface area contributed by atoms with Crippen molar-refractivity contribution in [1.82, 2.24) is 4.98 Å². The Kier molecular flexibility index (Phi) is 2.97. The van der Waals surface area contributed by atoms with E-state index in [0.29, 0.717) is 11.1 Å². The molecule has 0 amide bonds. The Morgan fingerprint density at radius 2 is 2.12 bits per heavy atom. The number of aromatic nitrogens is 1. The van der Waals surface area contributed by atoms with Gasteiger partial charge in [0.1, 0.15) is 11.9 Å². The number of rotatable bonds is 2. The summed E-state index contributed by atoms with van der Waals surface area (Å²) >= 11 is 0. The second-order valence-corrected chi connectivity index (χ2v) is 3.69. The minimum absolute atomic E-state index is 0.344.